The minimum absolute atomic E-state index is 0.0218. The molecule has 0 spiro atoms. The van der Waals surface area contributed by atoms with E-state index >= 15 is 0 Å². The van der Waals surface area contributed by atoms with Crippen LogP contribution in [0.25, 0.3) is 0 Å². The van der Waals surface area contributed by atoms with E-state index in [1.165, 1.54) is 29.7 Å². The predicted octanol–water partition coefficient (Wildman–Crippen LogP) is 6.46. The van der Waals surface area contributed by atoms with Crippen LogP contribution in [0.2, 0.25) is 0 Å². The molecule has 1 aliphatic carbocycles. The molecular formula is C34H43F2N3O2. The van der Waals surface area contributed by atoms with Gasteiger partial charge in [0.05, 0.1) is 12.1 Å². The van der Waals surface area contributed by atoms with Crippen LogP contribution in [0.3, 0.4) is 0 Å². The minimum Gasteiger partial charge on any atom is -0.390 e. The fourth-order valence-electron chi connectivity index (χ4n) is 5.79. The fraction of sp³-hybridized carbons (Fsp3) is 0.441. The van der Waals surface area contributed by atoms with Crippen molar-refractivity contribution >= 4 is 11.6 Å². The van der Waals surface area contributed by atoms with Crippen molar-refractivity contribution in [2.24, 2.45) is 0 Å². The van der Waals surface area contributed by atoms with Gasteiger partial charge < -0.3 is 21.1 Å². The Balaban J connectivity index is 1.58. The van der Waals surface area contributed by atoms with Gasteiger partial charge in [0.25, 0.3) is 5.91 Å². The summed E-state index contributed by atoms with van der Waals surface area (Å²) >= 11 is 0. The first-order chi connectivity index (χ1) is 19.5. The Hall–Kier alpha value is -3.29. The monoisotopic (exact) mass is 563 g/mol. The van der Waals surface area contributed by atoms with Gasteiger partial charge in [-0.05, 0) is 77.8 Å². The van der Waals surface area contributed by atoms with E-state index in [9.17, 15) is 18.7 Å². The summed E-state index contributed by atoms with van der Waals surface area (Å²) in [4.78, 5) is 12.0. The number of amides is 1. The molecule has 0 bridgehead atoms. The molecule has 1 amide bonds. The van der Waals surface area contributed by atoms with E-state index in [1.54, 1.807) is 31.3 Å². The van der Waals surface area contributed by atoms with Crippen molar-refractivity contribution in [3.05, 3.63) is 101 Å². The maximum atomic E-state index is 14.0. The number of anilines is 1. The Morgan fingerprint density at radius 1 is 0.951 bits per heavy atom. The molecule has 1 saturated carbocycles. The molecule has 5 nitrogen and oxygen atoms in total. The first-order valence-corrected chi connectivity index (χ1v) is 14.6. The number of aliphatic hydroxyl groups is 1. The summed E-state index contributed by atoms with van der Waals surface area (Å²) in [5.41, 5.74) is 3.93. The summed E-state index contributed by atoms with van der Waals surface area (Å²) < 4.78 is 28.1. The van der Waals surface area contributed by atoms with Crippen molar-refractivity contribution in [3.8, 4) is 0 Å². The van der Waals surface area contributed by atoms with E-state index in [1.807, 2.05) is 0 Å². The molecule has 1 fully saturated rings. The minimum atomic E-state index is -0.871. The normalized spacial score (nSPS) is 16.6. The topological polar surface area (TPSA) is 73.4 Å². The third-order valence-electron chi connectivity index (χ3n) is 8.21. The van der Waals surface area contributed by atoms with Crippen molar-refractivity contribution < 1.29 is 18.7 Å². The molecule has 7 heteroatoms. The Labute approximate surface area is 242 Å². The number of hydrogen-bond acceptors (Lipinski definition) is 4. The molecule has 2 unspecified atom stereocenters. The van der Waals surface area contributed by atoms with Crippen LogP contribution in [0, 0.1) is 11.6 Å². The maximum absolute atomic E-state index is 14.0. The average molecular weight is 564 g/mol. The molecule has 0 aromatic heterocycles. The molecule has 1 aliphatic rings. The smallest absolute Gasteiger partial charge is 0.251 e. The lowest BCUT2D eigenvalue weighted by Crippen LogP contribution is -2.50. The zero-order valence-electron chi connectivity index (χ0n) is 24.6. The van der Waals surface area contributed by atoms with Crippen molar-refractivity contribution in [1.82, 2.24) is 10.6 Å². The van der Waals surface area contributed by atoms with Crippen molar-refractivity contribution in [2.75, 3.05) is 18.9 Å². The molecule has 0 aliphatic heterocycles. The zero-order chi connectivity index (χ0) is 29.6. The van der Waals surface area contributed by atoms with Crippen LogP contribution in [-0.2, 0) is 17.4 Å². The van der Waals surface area contributed by atoms with E-state index in [-0.39, 0.29) is 23.3 Å². The Bertz CT molecular complexity index is 1290. The van der Waals surface area contributed by atoms with Gasteiger partial charge in [0.1, 0.15) is 11.6 Å². The summed E-state index contributed by atoms with van der Waals surface area (Å²) in [6.07, 6.45) is 4.68. The number of nitrogens with one attached hydrogen (secondary N) is 3. The summed E-state index contributed by atoms with van der Waals surface area (Å²) in [7, 11) is 1.57. The maximum Gasteiger partial charge on any atom is 0.251 e. The quantitative estimate of drug-likeness (QED) is 0.229. The number of halogens is 2. The number of hydrogen-bond donors (Lipinski definition) is 4. The zero-order valence-corrected chi connectivity index (χ0v) is 24.6. The standard InChI is InChI=1S/C34H43F2N3O2/c1-33(2,3)25-9-8-10-26(20-25)34(15-6-5-7-16-34)38-22-31(40)30(19-23-17-27(35)21-28(36)18-23)39-29-13-11-24(12-14-29)32(41)37-4/h8-14,17-18,20-21,30-31,38-40H,5-7,15-16,19,22H2,1-4H3,(H,37,41). The average Bonchev–Trinajstić information content (AvgIpc) is 2.95. The highest BCUT2D eigenvalue weighted by Gasteiger charge is 2.35. The van der Waals surface area contributed by atoms with E-state index in [2.05, 4.69) is 61.0 Å². The molecule has 4 rings (SSSR count). The van der Waals surface area contributed by atoms with Crippen LogP contribution in [0.4, 0.5) is 14.5 Å². The van der Waals surface area contributed by atoms with Crippen molar-refractivity contribution in [3.63, 3.8) is 0 Å². The van der Waals surface area contributed by atoms with Crippen molar-refractivity contribution in [2.45, 2.75) is 82.4 Å². The number of benzene rings is 3. The van der Waals surface area contributed by atoms with E-state index in [0.717, 1.165) is 31.7 Å². The van der Waals surface area contributed by atoms with Gasteiger partial charge >= 0.3 is 0 Å². The SMILES string of the molecule is CNC(=O)c1ccc(NC(Cc2cc(F)cc(F)c2)C(O)CNC2(c3cccc(C(C)(C)C)c3)CCCCC2)cc1. The highest BCUT2D eigenvalue weighted by Crippen LogP contribution is 2.38. The van der Waals surface area contributed by atoms with Gasteiger partial charge in [-0.2, -0.15) is 0 Å². The van der Waals surface area contributed by atoms with Crippen LogP contribution in [0.1, 0.15) is 79.9 Å². The molecule has 220 valence electrons. The number of aliphatic hydroxyl groups excluding tert-OH is 1. The van der Waals surface area contributed by atoms with Crippen LogP contribution in [-0.4, -0.2) is 36.8 Å². The first-order valence-electron chi connectivity index (χ1n) is 14.6. The largest absolute Gasteiger partial charge is 0.390 e. The first kappa shape index (κ1) is 30.7. The highest BCUT2D eigenvalue weighted by molar-refractivity contribution is 5.94. The van der Waals surface area contributed by atoms with Gasteiger partial charge in [0.15, 0.2) is 0 Å². The lowest BCUT2D eigenvalue weighted by molar-refractivity contribution is 0.0963. The molecule has 0 heterocycles. The summed E-state index contributed by atoms with van der Waals surface area (Å²) in [5, 5.41) is 21.2. The van der Waals surface area contributed by atoms with Gasteiger partial charge in [-0.3, -0.25) is 4.79 Å². The van der Waals surface area contributed by atoms with E-state index in [0.29, 0.717) is 23.4 Å². The highest BCUT2D eigenvalue weighted by atomic mass is 19.1. The lowest BCUT2D eigenvalue weighted by atomic mass is 9.74. The number of carbonyl (C=O) groups is 1. The molecule has 3 aromatic rings. The van der Waals surface area contributed by atoms with Crippen LogP contribution in [0.5, 0.6) is 0 Å². The summed E-state index contributed by atoms with van der Waals surface area (Å²) in [6.45, 7) is 6.93. The molecular weight excluding hydrogens is 520 g/mol. The molecule has 41 heavy (non-hydrogen) atoms. The second-order valence-electron chi connectivity index (χ2n) is 12.3. The van der Waals surface area contributed by atoms with Gasteiger partial charge in [0.2, 0.25) is 0 Å². The predicted molar refractivity (Wildman–Crippen MR) is 161 cm³/mol. The van der Waals surface area contributed by atoms with Crippen molar-refractivity contribution in [1.29, 1.82) is 0 Å². The van der Waals surface area contributed by atoms with Crippen LogP contribution in [0.15, 0.2) is 66.7 Å². The third kappa shape index (κ3) is 7.92. The van der Waals surface area contributed by atoms with Gasteiger partial charge in [0, 0.05) is 36.4 Å². The third-order valence-corrected chi connectivity index (χ3v) is 8.21. The van der Waals surface area contributed by atoms with Gasteiger partial charge in [-0.25, -0.2) is 8.78 Å². The second-order valence-corrected chi connectivity index (χ2v) is 12.3. The number of rotatable bonds is 10. The van der Waals surface area contributed by atoms with Crippen LogP contribution >= 0.6 is 0 Å². The molecule has 2 atom stereocenters. The van der Waals surface area contributed by atoms with E-state index < -0.39 is 23.8 Å². The fourth-order valence-corrected chi connectivity index (χ4v) is 5.79. The summed E-state index contributed by atoms with van der Waals surface area (Å²) in [6, 6.07) is 18.6. The van der Waals surface area contributed by atoms with Gasteiger partial charge in [-0.1, -0.05) is 64.3 Å². The molecule has 0 saturated heterocycles. The molecule has 3 aromatic carbocycles. The summed E-state index contributed by atoms with van der Waals surface area (Å²) in [5.74, 6) is -1.50. The molecule has 4 N–H and O–H groups in total. The van der Waals surface area contributed by atoms with Crippen LogP contribution < -0.4 is 16.0 Å². The lowest BCUT2D eigenvalue weighted by Gasteiger charge is -2.41. The second kappa shape index (κ2) is 13.1. The molecule has 0 radical (unpaired) electrons. The Morgan fingerprint density at radius 3 is 2.22 bits per heavy atom. The number of carbonyl (C=O) groups excluding carboxylic acids is 1. The van der Waals surface area contributed by atoms with Gasteiger partial charge in [-0.15, -0.1) is 0 Å². The Kier molecular flexibility index (Phi) is 9.82. The Morgan fingerprint density at radius 2 is 1.61 bits per heavy atom. The van der Waals surface area contributed by atoms with E-state index in [4.69, 9.17) is 0 Å².